The van der Waals surface area contributed by atoms with Crippen molar-refractivity contribution in [2.45, 2.75) is 18.0 Å². The average Bonchev–Trinajstić information content (AvgIpc) is 2.92. The van der Waals surface area contributed by atoms with Crippen molar-refractivity contribution < 1.29 is 13.1 Å². The molecule has 0 saturated carbocycles. The van der Waals surface area contributed by atoms with Gasteiger partial charge in [0.1, 0.15) is 0 Å². The normalized spacial score (nSPS) is 14.4. The third-order valence-corrected chi connectivity index (χ3v) is 8.29. The zero-order valence-electron chi connectivity index (χ0n) is 11.6. The Morgan fingerprint density at radius 2 is 1.80 bits per heavy atom. The van der Waals surface area contributed by atoms with E-state index in [0.717, 1.165) is 6.42 Å². The van der Waals surface area contributed by atoms with Crippen LogP contribution < -0.4 is 4.43 Å². The summed E-state index contributed by atoms with van der Waals surface area (Å²) in [4.78, 5) is 4.61. The Kier molecular flexibility index (Phi) is 5.86. The number of hydrogen-bond acceptors (Lipinski definition) is 1. The molecular weight excluding hydrogens is 329 g/mol. The first-order chi connectivity index (χ1) is 8.69. The van der Waals surface area contributed by atoms with Crippen LogP contribution in [-0.2, 0) is 13.1 Å². The standard InChI is InChI=1S/C9H6N.C5H5.2CH3.2ClH.Cr/c1-2-6-9-8(4-1)5-3-7-10-9;1-2-4-5-3-1;;;;;/h1-5,7H;1-3H,4H2;2*1H3;2*1H;. The number of nitrogens with zero attached hydrogens (tertiary/aromatic N) is 1. The van der Waals surface area contributed by atoms with E-state index in [1.54, 1.807) is 4.44 Å². The topological polar surface area (TPSA) is 12.9 Å². The second kappa shape index (κ2) is 6.79. The van der Waals surface area contributed by atoms with E-state index in [2.05, 4.69) is 59.0 Å². The Morgan fingerprint density at radius 1 is 1.05 bits per heavy atom. The monoisotopic (exact) mass is 347 g/mol. The fourth-order valence-electron chi connectivity index (χ4n) is 2.44. The van der Waals surface area contributed by atoms with E-state index in [4.69, 9.17) is 0 Å². The third kappa shape index (κ3) is 2.95. The molecule has 0 unspecified atom stereocenters. The third-order valence-electron chi connectivity index (χ3n) is 3.54. The van der Waals surface area contributed by atoms with Crippen molar-refractivity contribution in [3.05, 3.63) is 59.2 Å². The van der Waals surface area contributed by atoms with Crippen molar-refractivity contribution >= 4 is 40.1 Å². The summed E-state index contributed by atoms with van der Waals surface area (Å²) in [6.07, 6.45) is 9.78. The fraction of sp³-hybridized carbons (Fsp3) is 0.188. The predicted octanol–water partition coefficient (Wildman–Crippen LogP) is 4.80. The first-order valence-corrected chi connectivity index (χ1v) is 9.95. The number of aromatic nitrogens is 1. The zero-order valence-corrected chi connectivity index (χ0v) is 14.5. The molecule has 20 heavy (non-hydrogen) atoms. The van der Waals surface area contributed by atoms with Crippen LogP contribution in [0.4, 0.5) is 0 Å². The van der Waals surface area contributed by atoms with Gasteiger partial charge in [0.2, 0.25) is 0 Å². The fourth-order valence-corrected chi connectivity index (χ4v) is 6.01. The summed E-state index contributed by atoms with van der Waals surface area (Å²) >= 11 is -1.78. The minimum absolute atomic E-state index is 0. The Labute approximate surface area is 135 Å². The quantitative estimate of drug-likeness (QED) is 0.760. The molecule has 1 aromatic heterocycles. The summed E-state index contributed by atoms with van der Waals surface area (Å²) in [5.41, 5.74) is 1.19. The van der Waals surface area contributed by atoms with Crippen LogP contribution in [0.2, 0.25) is 11.6 Å². The molecule has 0 atom stereocenters. The number of pyridine rings is 1. The number of hydrogen-bond donors (Lipinski definition) is 0. The molecule has 0 spiro atoms. The van der Waals surface area contributed by atoms with Crippen molar-refractivity contribution in [1.29, 1.82) is 0 Å². The number of rotatable bonds is 2. The van der Waals surface area contributed by atoms with Gasteiger partial charge in [-0.2, -0.15) is 0 Å². The molecule has 1 aliphatic rings. The predicted molar refractivity (Wildman–Crippen MR) is 89.4 cm³/mol. The van der Waals surface area contributed by atoms with Gasteiger partial charge in [-0.3, -0.25) is 0 Å². The van der Waals surface area contributed by atoms with E-state index in [0.29, 0.717) is 0 Å². The first-order valence-electron chi connectivity index (χ1n) is 6.12. The first kappa shape index (κ1) is 17.3. The van der Waals surface area contributed by atoms with Gasteiger partial charge in [0.15, 0.2) is 0 Å². The van der Waals surface area contributed by atoms with E-state index in [9.17, 15) is 0 Å². The molecule has 1 aliphatic carbocycles. The van der Waals surface area contributed by atoms with Crippen molar-refractivity contribution in [1.82, 2.24) is 4.98 Å². The maximum atomic E-state index is 4.61. The van der Waals surface area contributed by atoms with Gasteiger partial charge in [-0.1, -0.05) is 0 Å². The molecule has 1 aromatic carbocycles. The molecule has 108 valence electrons. The van der Waals surface area contributed by atoms with Gasteiger partial charge in [-0.25, -0.2) is 0 Å². The van der Waals surface area contributed by atoms with E-state index in [1.807, 2.05) is 12.3 Å². The number of para-hydroxylation sites is 1. The summed E-state index contributed by atoms with van der Waals surface area (Å²) in [5.74, 6) is 4.89. The van der Waals surface area contributed by atoms with Crippen LogP contribution in [-0.4, -0.2) is 4.98 Å². The Hall–Kier alpha value is -0.778. The summed E-state index contributed by atoms with van der Waals surface area (Å²) in [5, 5.41) is 1.26. The zero-order chi connectivity index (χ0) is 12.6. The molecule has 4 heteroatoms. The molecule has 0 amide bonds. The average molecular weight is 348 g/mol. The van der Waals surface area contributed by atoms with Crippen LogP contribution in [0.5, 0.6) is 0 Å². The summed E-state index contributed by atoms with van der Waals surface area (Å²) in [6.45, 7) is 0. The minimum atomic E-state index is -1.78. The van der Waals surface area contributed by atoms with E-state index in [1.165, 1.54) is 15.3 Å². The van der Waals surface area contributed by atoms with Crippen LogP contribution in [0.1, 0.15) is 6.42 Å². The summed E-state index contributed by atoms with van der Waals surface area (Å²) in [6, 6.07) is 10.8. The molecule has 0 saturated heterocycles. The van der Waals surface area contributed by atoms with Crippen LogP contribution in [0.25, 0.3) is 10.9 Å². The van der Waals surface area contributed by atoms with Crippen molar-refractivity contribution in [3.63, 3.8) is 0 Å². The molecule has 0 fully saturated rings. The molecule has 0 bridgehead atoms. The van der Waals surface area contributed by atoms with Crippen molar-refractivity contribution in [2.75, 3.05) is 0 Å². The van der Waals surface area contributed by atoms with Gasteiger partial charge in [0.05, 0.1) is 0 Å². The number of allylic oxidation sites excluding steroid dienone is 4. The molecule has 0 N–H and O–H groups in total. The molecule has 1 heterocycles. The number of benzene rings is 1. The van der Waals surface area contributed by atoms with E-state index >= 15 is 0 Å². The molecule has 0 radical (unpaired) electrons. The molecule has 2 aromatic rings. The van der Waals surface area contributed by atoms with Gasteiger partial charge in [0, 0.05) is 0 Å². The molecular formula is C16H19Cl2CrN. The van der Waals surface area contributed by atoms with Gasteiger partial charge < -0.3 is 0 Å². The Bertz CT molecular complexity index is 657. The molecule has 0 aliphatic heterocycles. The van der Waals surface area contributed by atoms with Crippen LogP contribution in [0.15, 0.2) is 59.2 Å². The van der Waals surface area contributed by atoms with E-state index < -0.39 is 13.1 Å². The molecule has 1 nitrogen and oxygen atoms in total. The second-order valence-corrected chi connectivity index (χ2v) is 10.6. The van der Waals surface area contributed by atoms with Crippen molar-refractivity contribution in [3.8, 4) is 0 Å². The van der Waals surface area contributed by atoms with Crippen molar-refractivity contribution in [2.24, 2.45) is 0 Å². The second-order valence-electron chi connectivity index (χ2n) is 4.92. The van der Waals surface area contributed by atoms with Gasteiger partial charge in [-0.05, 0) is 0 Å². The van der Waals surface area contributed by atoms with Crippen LogP contribution >= 0.6 is 24.8 Å². The SMILES string of the molecule is Cl.Cl.[CH3][Cr]([CH3])([C]1=CC=CC1)[c]1cccc2cccnc12. The van der Waals surface area contributed by atoms with Gasteiger partial charge >= 0.3 is 111 Å². The summed E-state index contributed by atoms with van der Waals surface area (Å²) < 4.78 is 3.09. The van der Waals surface area contributed by atoms with Gasteiger partial charge in [-0.15, -0.1) is 24.8 Å². The summed E-state index contributed by atoms with van der Waals surface area (Å²) in [7, 11) is 0. The maximum absolute atomic E-state index is 4.61. The molecule has 3 rings (SSSR count). The Morgan fingerprint density at radius 3 is 2.50 bits per heavy atom. The van der Waals surface area contributed by atoms with Crippen LogP contribution in [0, 0.1) is 0 Å². The van der Waals surface area contributed by atoms with E-state index in [-0.39, 0.29) is 24.8 Å². The Balaban J connectivity index is 0.000001000. The number of fused-ring (bicyclic) bond motifs is 1. The van der Waals surface area contributed by atoms with Gasteiger partial charge in [0.25, 0.3) is 0 Å². The van der Waals surface area contributed by atoms with Crippen LogP contribution in [0.3, 0.4) is 0 Å². The number of halogens is 2.